The smallest absolute Gasteiger partial charge is 0.265 e. The number of benzene rings is 1. The predicted octanol–water partition coefficient (Wildman–Crippen LogP) is 3.52. The summed E-state index contributed by atoms with van der Waals surface area (Å²) in [7, 11) is 6.42. The Hall–Kier alpha value is -0.700. The first kappa shape index (κ1) is 18.6. The van der Waals surface area contributed by atoms with Crippen molar-refractivity contribution in [2.45, 2.75) is 53.6 Å². The summed E-state index contributed by atoms with van der Waals surface area (Å²) in [6.07, 6.45) is -2.02. The van der Waals surface area contributed by atoms with Crippen molar-refractivity contribution in [3.05, 3.63) is 23.3 Å². The van der Waals surface area contributed by atoms with Crippen LogP contribution in [0.2, 0.25) is 0 Å². The molecule has 1 heterocycles. The van der Waals surface area contributed by atoms with Gasteiger partial charge in [-0.1, -0.05) is 17.9 Å². The summed E-state index contributed by atoms with van der Waals surface area (Å²) < 4.78 is 4.80. The first-order chi connectivity index (χ1) is 10.5. The van der Waals surface area contributed by atoms with Crippen LogP contribution < -0.4 is 10.2 Å². The maximum absolute atomic E-state index is 6.51. The number of hydrogen-bond acceptors (Lipinski definition) is 1. The molecule has 1 aliphatic heterocycles. The van der Waals surface area contributed by atoms with Gasteiger partial charge < -0.3 is 0 Å². The van der Waals surface area contributed by atoms with Gasteiger partial charge in [0.15, 0.2) is 6.19 Å². The monoisotopic (exact) mass is 352 g/mol. The average Bonchev–Trinajstić information content (AvgIpc) is 2.56. The summed E-state index contributed by atoms with van der Waals surface area (Å²) in [5, 5.41) is 1.36. The highest BCUT2D eigenvalue weighted by Gasteiger charge is 2.52. The van der Waals surface area contributed by atoms with Crippen LogP contribution in [0.1, 0.15) is 38.8 Å². The summed E-state index contributed by atoms with van der Waals surface area (Å²) in [6.45, 7) is 13.4. The Morgan fingerprint density at radius 1 is 1.09 bits per heavy atom. The number of anilines is 1. The summed E-state index contributed by atoms with van der Waals surface area (Å²) in [4.78, 5) is 2.34. The molecule has 0 spiro atoms. The Morgan fingerprint density at radius 3 is 2.04 bits per heavy atom. The molecule has 23 heavy (non-hydrogen) atoms. The van der Waals surface area contributed by atoms with Gasteiger partial charge in [0.1, 0.15) is 5.69 Å². The van der Waals surface area contributed by atoms with E-state index in [1.807, 2.05) is 0 Å². The van der Waals surface area contributed by atoms with Crippen LogP contribution in [0.15, 0.2) is 12.1 Å². The Labute approximate surface area is 147 Å². The predicted molar refractivity (Wildman–Crippen MR) is 107 cm³/mol. The van der Waals surface area contributed by atoms with Gasteiger partial charge in [0.25, 0.3) is 5.58 Å². The van der Waals surface area contributed by atoms with Crippen LogP contribution in [-0.4, -0.2) is 48.0 Å². The fourth-order valence-corrected chi connectivity index (χ4v) is 10.5. The van der Waals surface area contributed by atoms with Gasteiger partial charge in [-0.15, -0.1) is 0 Å². The Kier molecular flexibility index (Phi) is 5.11. The van der Waals surface area contributed by atoms with Crippen LogP contribution in [0.25, 0.3) is 0 Å². The van der Waals surface area contributed by atoms with Crippen molar-refractivity contribution in [3.63, 3.8) is 0 Å². The third-order valence-electron chi connectivity index (χ3n) is 4.44. The summed E-state index contributed by atoms with van der Waals surface area (Å²) >= 11 is 6.51. The van der Waals surface area contributed by atoms with Gasteiger partial charge in [0, 0.05) is 12.1 Å². The molecule has 0 bridgehead atoms. The molecule has 1 atom stereocenters. The third-order valence-corrected chi connectivity index (χ3v) is 9.90. The van der Waals surface area contributed by atoms with Crippen LogP contribution in [0.4, 0.5) is 5.69 Å². The highest BCUT2D eigenvalue weighted by Crippen LogP contribution is 2.60. The van der Waals surface area contributed by atoms with Crippen molar-refractivity contribution < 1.29 is 4.58 Å². The number of rotatable bonds is 3. The van der Waals surface area contributed by atoms with E-state index in [2.05, 4.69) is 89.0 Å². The van der Waals surface area contributed by atoms with Gasteiger partial charge in [0.2, 0.25) is 0 Å². The third kappa shape index (κ3) is 2.79. The standard InChI is InChI=1S/C18H31N3PS/c1-12(2)21(13(3)4)22(23)16-11-14(5)10-15(6)17(16)20(9)18(22)19(7)8/h10-13H,1-9H3/q+1/t22-/m1/s1. The van der Waals surface area contributed by atoms with Crippen molar-refractivity contribution in [1.82, 2.24) is 4.67 Å². The molecule has 1 aromatic rings. The second kappa shape index (κ2) is 6.31. The Morgan fingerprint density at radius 2 is 1.61 bits per heavy atom. The molecule has 0 saturated heterocycles. The average molecular weight is 353 g/mol. The second-order valence-corrected chi connectivity index (χ2v) is 11.4. The molecule has 3 nitrogen and oxygen atoms in total. The van der Waals surface area contributed by atoms with Gasteiger partial charge in [-0.05, 0) is 58.7 Å². The number of hydrogen-bond donors (Lipinski definition) is 0. The molecular formula is C18H31N3PS+. The minimum atomic E-state index is -2.02. The first-order valence-corrected chi connectivity index (χ1v) is 11.1. The maximum Gasteiger partial charge on any atom is 0.300 e. The van der Waals surface area contributed by atoms with Crippen LogP contribution in [-0.2, 0) is 11.8 Å². The fourth-order valence-electron chi connectivity index (χ4n) is 4.06. The van der Waals surface area contributed by atoms with Gasteiger partial charge in [-0.3, -0.25) is 9.25 Å². The van der Waals surface area contributed by atoms with E-state index >= 15 is 0 Å². The molecule has 0 saturated carbocycles. The topological polar surface area (TPSA) is 9.49 Å². The molecular weight excluding hydrogens is 321 g/mol. The molecule has 0 N–H and O–H groups in total. The Bertz CT molecular complexity index is 694. The summed E-state index contributed by atoms with van der Waals surface area (Å²) in [6, 6.07) is 5.42. The summed E-state index contributed by atoms with van der Waals surface area (Å²) in [5.41, 5.74) is 5.21. The van der Waals surface area contributed by atoms with E-state index in [0.717, 1.165) is 0 Å². The van der Waals surface area contributed by atoms with E-state index in [4.69, 9.17) is 11.8 Å². The van der Waals surface area contributed by atoms with Crippen molar-refractivity contribution >= 4 is 34.6 Å². The largest absolute Gasteiger partial charge is 0.300 e. The molecule has 0 radical (unpaired) electrons. The zero-order chi connectivity index (χ0) is 17.7. The number of nitrogens with zero attached hydrogens (tertiary/aromatic N) is 3. The SMILES string of the molecule is Cc1cc(C)c2c(c1)[P@](=S)(N(C(C)C)C(C)C)C(=[N+](C)C)N2C. The van der Waals surface area contributed by atoms with Crippen LogP contribution >= 0.6 is 6.19 Å². The highest BCUT2D eigenvalue weighted by atomic mass is 32.4. The molecule has 0 fully saturated rings. The highest BCUT2D eigenvalue weighted by molar-refractivity contribution is 8.25. The van der Waals surface area contributed by atoms with E-state index in [-0.39, 0.29) is 0 Å². The zero-order valence-electron chi connectivity index (χ0n) is 16.0. The van der Waals surface area contributed by atoms with Crippen LogP contribution in [0.5, 0.6) is 0 Å². The van der Waals surface area contributed by atoms with Gasteiger partial charge in [0.05, 0.1) is 26.4 Å². The zero-order valence-corrected chi connectivity index (χ0v) is 17.7. The lowest BCUT2D eigenvalue weighted by molar-refractivity contribution is -0.462. The molecule has 5 heteroatoms. The molecule has 0 amide bonds. The minimum Gasteiger partial charge on any atom is -0.265 e. The van der Waals surface area contributed by atoms with E-state index < -0.39 is 6.19 Å². The lowest BCUT2D eigenvalue weighted by Gasteiger charge is -2.37. The Balaban J connectivity index is 2.91. The van der Waals surface area contributed by atoms with E-state index in [0.29, 0.717) is 12.1 Å². The molecule has 0 aliphatic carbocycles. The van der Waals surface area contributed by atoms with Crippen molar-refractivity contribution in [1.29, 1.82) is 0 Å². The maximum atomic E-state index is 6.51. The summed E-state index contributed by atoms with van der Waals surface area (Å²) in [5.74, 6) is 0. The minimum absolute atomic E-state index is 0.413. The van der Waals surface area contributed by atoms with Crippen molar-refractivity contribution in [3.8, 4) is 0 Å². The normalized spacial score (nSPS) is 20.9. The van der Waals surface area contributed by atoms with Gasteiger partial charge in [-0.2, -0.15) is 0 Å². The molecule has 0 unspecified atom stereocenters. The fraction of sp³-hybridized carbons (Fsp3) is 0.611. The van der Waals surface area contributed by atoms with Crippen molar-refractivity contribution in [2.75, 3.05) is 26.0 Å². The molecule has 0 aromatic heterocycles. The van der Waals surface area contributed by atoms with Gasteiger partial charge >= 0.3 is 0 Å². The van der Waals surface area contributed by atoms with Crippen LogP contribution in [0, 0.1) is 13.8 Å². The number of fused-ring (bicyclic) bond motifs is 1. The lowest BCUT2D eigenvalue weighted by Crippen LogP contribution is -2.41. The van der Waals surface area contributed by atoms with Gasteiger partial charge in [-0.25, -0.2) is 4.90 Å². The van der Waals surface area contributed by atoms with Crippen LogP contribution in [0.3, 0.4) is 0 Å². The van der Waals surface area contributed by atoms with Crippen molar-refractivity contribution in [2.24, 2.45) is 0 Å². The quantitative estimate of drug-likeness (QED) is 0.609. The number of aryl methyl sites for hydroxylation is 2. The molecule has 1 aliphatic rings. The van der Waals surface area contributed by atoms with E-state index in [1.54, 1.807) is 0 Å². The lowest BCUT2D eigenvalue weighted by atomic mass is 10.1. The number of amidine groups is 1. The molecule has 2 rings (SSSR count). The van der Waals surface area contributed by atoms with E-state index in [9.17, 15) is 0 Å². The molecule has 1 aromatic carbocycles. The second-order valence-electron chi connectivity index (χ2n) is 7.35. The van der Waals surface area contributed by atoms with E-state index in [1.165, 1.54) is 27.7 Å². The molecule has 128 valence electrons. The first-order valence-electron chi connectivity index (χ1n) is 8.32.